The van der Waals surface area contributed by atoms with Crippen LogP contribution >= 0.6 is 11.6 Å². The second-order valence-electron chi connectivity index (χ2n) is 3.99. The maximum atomic E-state index is 11.6. The number of hydrogen-bond acceptors (Lipinski definition) is 3. The normalized spacial score (nSPS) is 21.6. The van der Waals surface area contributed by atoms with Gasteiger partial charge in [-0.2, -0.15) is 0 Å². The van der Waals surface area contributed by atoms with Gasteiger partial charge in [-0.3, -0.25) is 4.79 Å². The zero-order valence-electron chi connectivity index (χ0n) is 8.87. The van der Waals surface area contributed by atoms with Crippen molar-refractivity contribution in [3.63, 3.8) is 0 Å². The second-order valence-corrected chi connectivity index (χ2v) is 4.40. The third kappa shape index (κ3) is 2.19. The highest BCUT2D eigenvalue weighted by molar-refractivity contribution is 6.29. The largest absolute Gasteiger partial charge is 0.473 e. The molecule has 0 atom stereocenters. The van der Waals surface area contributed by atoms with Gasteiger partial charge >= 0.3 is 0 Å². The summed E-state index contributed by atoms with van der Waals surface area (Å²) in [6, 6.07) is 3.51. The van der Waals surface area contributed by atoms with Gasteiger partial charge in [0.15, 0.2) is 0 Å². The highest BCUT2D eigenvalue weighted by Gasteiger charge is 2.31. The SMILES string of the molecule is O=C1NN=C(OC2CC2)C1=Cc1ccc(Cl)[nH]1. The minimum atomic E-state index is -0.258. The third-order valence-corrected chi connectivity index (χ3v) is 2.73. The summed E-state index contributed by atoms with van der Waals surface area (Å²) >= 11 is 5.77. The molecule has 6 heteroatoms. The van der Waals surface area contributed by atoms with E-state index in [0.29, 0.717) is 16.6 Å². The summed E-state index contributed by atoms with van der Waals surface area (Å²) < 4.78 is 5.54. The fourth-order valence-corrected chi connectivity index (χ4v) is 1.68. The van der Waals surface area contributed by atoms with E-state index in [-0.39, 0.29) is 12.0 Å². The van der Waals surface area contributed by atoms with Gasteiger partial charge in [-0.15, -0.1) is 5.10 Å². The van der Waals surface area contributed by atoms with Crippen LogP contribution in [-0.2, 0) is 9.53 Å². The number of nitrogens with one attached hydrogen (secondary N) is 2. The molecule has 0 saturated heterocycles. The molecule has 0 spiro atoms. The molecule has 1 aliphatic heterocycles. The molecule has 1 saturated carbocycles. The molecule has 2 N–H and O–H groups in total. The number of hydrogen-bond donors (Lipinski definition) is 2. The van der Waals surface area contributed by atoms with E-state index in [1.165, 1.54) is 0 Å². The molecule has 3 rings (SSSR count). The molecule has 17 heavy (non-hydrogen) atoms. The van der Waals surface area contributed by atoms with Crippen LogP contribution in [0.15, 0.2) is 22.8 Å². The first-order chi connectivity index (χ1) is 8.22. The Morgan fingerprint density at radius 2 is 2.29 bits per heavy atom. The zero-order chi connectivity index (χ0) is 11.8. The topological polar surface area (TPSA) is 66.5 Å². The van der Waals surface area contributed by atoms with Crippen LogP contribution in [0.2, 0.25) is 5.15 Å². The molecule has 1 aromatic heterocycles. The lowest BCUT2D eigenvalue weighted by Gasteiger charge is -2.02. The fourth-order valence-electron chi connectivity index (χ4n) is 1.50. The Bertz CT molecular complexity index is 529. The number of rotatable bonds is 2. The molecular formula is C11H10ClN3O2. The molecule has 1 amide bonds. The molecule has 2 heterocycles. The van der Waals surface area contributed by atoms with E-state index in [9.17, 15) is 4.79 Å². The Hall–Kier alpha value is -1.75. The standard InChI is InChI=1S/C11H10ClN3O2/c12-9-4-1-6(13-9)5-8-10(16)14-15-11(8)17-7-2-3-7/h1,4-5,7,13H,2-3H2,(H,14,16). The predicted octanol–water partition coefficient (Wildman–Crippen LogP) is 1.67. The Morgan fingerprint density at radius 1 is 1.47 bits per heavy atom. The minimum Gasteiger partial charge on any atom is -0.473 e. The van der Waals surface area contributed by atoms with Gasteiger partial charge < -0.3 is 9.72 Å². The van der Waals surface area contributed by atoms with Crippen molar-refractivity contribution in [3.05, 3.63) is 28.6 Å². The molecule has 0 bridgehead atoms. The number of nitrogens with zero attached hydrogens (tertiary/aromatic N) is 1. The average molecular weight is 252 g/mol. The van der Waals surface area contributed by atoms with Crippen LogP contribution in [0.4, 0.5) is 0 Å². The van der Waals surface area contributed by atoms with Crippen LogP contribution in [0.5, 0.6) is 0 Å². The van der Waals surface area contributed by atoms with E-state index in [4.69, 9.17) is 16.3 Å². The van der Waals surface area contributed by atoms with E-state index in [2.05, 4.69) is 15.5 Å². The molecule has 1 aliphatic carbocycles. The van der Waals surface area contributed by atoms with Crippen molar-refractivity contribution in [2.45, 2.75) is 18.9 Å². The third-order valence-electron chi connectivity index (χ3n) is 2.51. The van der Waals surface area contributed by atoms with Crippen LogP contribution in [0.1, 0.15) is 18.5 Å². The van der Waals surface area contributed by atoms with Crippen molar-refractivity contribution in [1.29, 1.82) is 0 Å². The molecular weight excluding hydrogens is 242 g/mol. The summed E-state index contributed by atoms with van der Waals surface area (Å²) in [6.07, 6.45) is 3.93. The van der Waals surface area contributed by atoms with E-state index in [0.717, 1.165) is 18.5 Å². The lowest BCUT2D eigenvalue weighted by atomic mass is 10.2. The number of carbonyl (C=O) groups excluding carboxylic acids is 1. The van der Waals surface area contributed by atoms with Crippen molar-refractivity contribution >= 4 is 29.5 Å². The molecule has 88 valence electrons. The van der Waals surface area contributed by atoms with Gasteiger partial charge in [0, 0.05) is 5.69 Å². The van der Waals surface area contributed by atoms with Gasteiger partial charge in [-0.1, -0.05) is 11.6 Å². The van der Waals surface area contributed by atoms with Crippen LogP contribution < -0.4 is 5.43 Å². The Balaban J connectivity index is 1.85. The first kappa shape index (κ1) is 10.4. The number of amides is 1. The van der Waals surface area contributed by atoms with Gasteiger partial charge in [0.1, 0.15) is 16.8 Å². The summed E-state index contributed by atoms with van der Waals surface area (Å²) in [5, 5.41) is 4.39. The fraction of sp³-hybridized carbons (Fsp3) is 0.273. The van der Waals surface area contributed by atoms with Gasteiger partial charge in [0.05, 0.1) is 0 Å². The number of H-pyrrole nitrogens is 1. The monoisotopic (exact) mass is 251 g/mol. The number of carbonyl (C=O) groups is 1. The summed E-state index contributed by atoms with van der Waals surface area (Å²) in [6.45, 7) is 0. The second kappa shape index (κ2) is 3.92. The molecule has 5 nitrogen and oxygen atoms in total. The highest BCUT2D eigenvalue weighted by Crippen LogP contribution is 2.26. The smallest absolute Gasteiger partial charge is 0.277 e. The Kier molecular flexibility index (Phi) is 2.40. The molecule has 0 aromatic carbocycles. The summed E-state index contributed by atoms with van der Waals surface area (Å²) in [4.78, 5) is 14.5. The molecule has 1 fully saturated rings. The first-order valence-electron chi connectivity index (χ1n) is 5.33. The Morgan fingerprint density at radius 3 is 2.94 bits per heavy atom. The maximum absolute atomic E-state index is 11.6. The van der Waals surface area contributed by atoms with Crippen LogP contribution in [-0.4, -0.2) is 22.9 Å². The van der Waals surface area contributed by atoms with Crippen molar-refractivity contribution in [2.24, 2.45) is 5.10 Å². The van der Waals surface area contributed by atoms with Crippen molar-refractivity contribution in [3.8, 4) is 0 Å². The van der Waals surface area contributed by atoms with E-state index < -0.39 is 0 Å². The van der Waals surface area contributed by atoms with Crippen molar-refractivity contribution < 1.29 is 9.53 Å². The van der Waals surface area contributed by atoms with Gasteiger partial charge in [-0.05, 0) is 31.1 Å². The summed E-state index contributed by atoms with van der Waals surface area (Å²) in [5.41, 5.74) is 3.56. The van der Waals surface area contributed by atoms with Crippen molar-refractivity contribution in [2.75, 3.05) is 0 Å². The number of hydrazone groups is 1. The quantitative estimate of drug-likeness (QED) is 0.786. The predicted molar refractivity (Wildman–Crippen MR) is 63.5 cm³/mol. The Labute approximate surface area is 102 Å². The molecule has 0 unspecified atom stereocenters. The van der Waals surface area contributed by atoms with Gasteiger partial charge in [0.25, 0.3) is 5.91 Å². The van der Waals surface area contributed by atoms with Crippen LogP contribution in [0, 0.1) is 0 Å². The molecule has 2 aliphatic rings. The van der Waals surface area contributed by atoms with Crippen LogP contribution in [0.3, 0.4) is 0 Å². The number of ether oxygens (including phenoxy) is 1. The first-order valence-corrected chi connectivity index (χ1v) is 5.71. The van der Waals surface area contributed by atoms with E-state index >= 15 is 0 Å². The summed E-state index contributed by atoms with van der Waals surface area (Å²) in [7, 11) is 0. The number of aromatic amines is 1. The van der Waals surface area contributed by atoms with E-state index in [1.54, 1.807) is 18.2 Å². The maximum Gasteiger partial charge on any atom is 0.277 e. The molecule has 0 radical (unpaired) electrons. The number of halogens is 1. The average Bonchev–Trinajstić information content (AvgIpc) is 2.93. The lowest BCUT2D eigenvalue weighted by Crippen LogP contribution is -2.14. The van der Waals surface area contributed by atoms with Crippen molar-refractivity contribution in [1.82, 2.24) is 10.4 Å². The van der Waals surface area contributed by atoms with Crippen LogP contribution in [0.25, 0.3) is 6.08 Å². The zero-order valence-corrected chi connectivity index (χ0v) is 9.62. The number of aromatic nitrogens is 1. The van der Waals surface area contributed by atoms with Gasteiger partial charge in [0.2, 0.25) is 5.90 Å². The summed E-state index contributed by atoms with van der Waals surface area (Å²) in [5.74, 6) is 0.106. The molecule has 1 aromatic rings. The lowest BCUT2D eigenvalue weighted by molar-refractivity contribution is -0.116. The minimum absolute atomic E-state index is 0.206. The van der Waals surface area contributed by atoms with E-state index in [1.807, 2.05) is 0 Å². The van der Waals surface area contributed by atoms with Gasteiger partial charge in [-0.25, -0.2) is 5.43 Å². The highest BCUT2D eigenvalue weighted by atomic mass is 35.5.